The third kappa shape index (κ3) is 26.6. The Bertz CT molecular complexity index is 6370. The summed E-state index contributed by atoms with van der Waals surface area (Å²) in [5, 5.41) is 49.7. The minimum Gasteiger partial charge on any atom is -1.00 e. The molecule has 0 saturated carbocycles. The second kappa shape index (κ2) is 57.5. The Labute approximate surface area is 874 Å². The summed E-state index contributed by atoms with van der Waals surface area (Å²) in [6.07, 6.45) is 27.4. The molecule has 4 heterocycles. The Balaban J connectivity index is 0.000000170. The van der Waals surface area contributed by atoms with Gasteiger partial charge in [0.15, 0.2) is 6.29 Å². The number of nitrogens with zero attached hydrogens (tertiary/aromatic N) is 8. The number of aliphatic hydroxyl groups excluding tert-OH is 4. The van der Waals surface area contributed by atoms with Crippen molar-refractivity contribution in [1.29, 1.82) is 0 Å². The Morgan fingerprint density at radius 1 is 0.290 bits per heavy atom. The average molecular weight is 2070 g/mol. The molecule has 0 amide bonds. The maximum atomic E-state index is 11.3. The molecule has 0 radical (unpaired) electrons. The fourth-order valence-electron chi connectivity index (χ4n) is 18.9. The van der Waals surface area contributed by atoms with Gasteiger partial charge in [-0.2, -0.15) is 0 Å². The first-order valence-electron chi connectivity index (χ1n) is 48.3. The van der Waals surface area contributed by atoms with Crippen LogP contribution in [0.5, 0.6) is 0 Å². The van der Waals surface area contributed by atoms with Crippen LogP contribution in [0.3, 0.4) is 0 Å². The molecular formula is C127H129Br2N8O7P. The van der Waals surface area contributed by atoms with Crippen LogP contribution < -0.4 is 32.9 Å². The molecule has 15 nitrogen and oxygen atoms in total. The lowest BCUT2D eigenvalue weighted by Crippen LogP contribution is -3.00. The first-order chi connectivity index (χ1) is 70.1. The molecule has 4 aromatic heterocycles. The SMILES string of the molecule is C.C.O=C(O)CCCc1cn(C(c2ccccc2)(c2ccccc2)c2ccccc2)cn1.O=Cc1cn(C(c2ccccc2)(c2ccccc2)c2ccccc2)cn1.OCC/C=C/c1cn(C(c2ccccc2)(c2ccccc2)c2ccccc2)cn1.OCCCBr.OCCCCc1cn(C(c2ccccc2)(c2ccccc2)c2ccccc2)cn1.OCCC[P+](c1ccccc1)(c1ccccc1)c1ccccc1.[Br-]. The van der Waals surface area contributed by atoms with Crippen LogP contribution in [0.15, 0.2) is 511 Å². The van der Waals surface area contributed by atoms with E-state index in [0.717, 1.165) is 100 Å². The number of carboxylic acid groups (broad SMARTS) is 1. The maximum absolute atomic E-state index is 11.3. The van der Waals surface area contributed by atoms with E-state index in [-0.39, 0.29) is 58.1 Å². The molecule has 0 spiro atoms. The van der Waals surface area contributed by atoms with Crippen molar-refractivity contribution in [3.8, 4) is 0 Å². The highest BCUT2D eigenvalue weighted by molar-refractivity contribution is 9.09. The molecule has 0 saturated heterocycles. The van der Waals surface area contributed by atoms with Crippen molar-refractivity contribution < 1.29 is 52.1 Å². The van der Waals surface area contributed by atoms with Gasteiger partial charge in [0, 0.05) is 69.4 Å². The van der Waals surface area contributed by atoms with Crippen LogP contribution >= 0.6 is 23.2 Å². The number of carboxylic acids is 1. The Kier molecular flexibility index (Phi) is 43.9. The lowest BCUT2D eigenvalue weighted by molar-refractivity contribution is -0.137. The molecule has 19 aromatic rings. The summed E-state index contributed by atoms with van der Waals surface area (Å²) >= 11 is 3.15. The van der Waals surface area contributed by atoms with E-state index in [4.69, 9.17) is 25.4 Å². The molecule has 5 N–H and O–H groups in total. The summed E-state index contributed by atoms with van der Waals surface area (Å²) in [7, 11) is -1.73. The molecule has 0 aliphatic carbocycles. The van der Waals surface area contributed by atoms with Crippen LogP contribution in [0, 0.1) is 0 Å². The number of aryl methyl sites for hydroxylation is 2. The van der Waals surface area contributed by atoms with Crippen molar-refractivity contribution in [2.75, 3.05) is 37.9 Å². The third-order valence-electron chi connectivity index (χ3n) is 25.2. The number of hydrogen-bond acceptors (Lipinski definition) is 10. The van der Waals surface area contributed by atoms with E-state index in [1.807, 2.05) is 127 Å². The smallest absolute Gasteiger partial charge is 0.303 e. The summed E-state index contributed by atoms with van der Waals surface area (Å²) in [4.78, 5) is 40.4. The molecule has 738 valence electrons. The van der Waals surface area contributed by atoms with Gasteiger partial charge in [0.2, 0.25) is 0 Å². The van der Waals surface area contributed by atoms with Crippen molar-refractivity contribution in [2.24, 2.45) is 0 Å². The second-order valence-corrected chi connectivity index (χ2v) is 38.4. The van der Waals surface area contributed by atoms with Crippen molar-refractivity contribution in [3.63, 3.8) is 0 Å². The van der Waals surface area contributed by atoms with Gasteiger partial charge in [0.25, 0.3) is 0 Å². The van der Waals surface area contributed by atoms with Crippen molar-refractivity contribution >= 4 is 57.4 Å². The normalized spacial score (nSPS) is 11.1. The van der Waals surface area contributed by atoms with Gasteiger partial charge in [-0.1, -0.05) is 455 Å². The van der Waals surface area contributed by atoms with E-state index in [9.17, 15) is 14.7 Å². The summed E-state index contributed by atoms with van der Waals surface area (Å²) in [6.45, 7) is 0.890. The number of alkyl halides is 1. The van der Waals surface area contributed by atoms with Crippen molar-refractivity contribution in [1.82, 2.24) is 38.2 Å². The van der Waals surface area contributed by atoms with E-state index in [0.29, 0.717) is 31.6 Å². The number of aromatic nitrogens is 8. The number of benzene rings is 15. The number of imidazole rings is 4. The predicted octanol–water partition coefficient (Wildman–Crippen LogP) is 22.2. The van der Waals surface area contributed by atoms with Gasteiger partial charge < -0.3 is 60.8 Å². The molecule has 0 bridgehead atoms. The van der Waals surface area contributed by atoms with Gasteiger partial charge in [-0.25, -0.2) is 19.9 Å². The van der Waals surface area contributed by atoms with Crippen LogP contribution in [0.25, 0.3) is 6.08 Å². The highest BCUT2D eigenvalue weighted by atomic mass is 79.9. The average Bonchev–Trinajstić information content (AvgIpc) is 1.73. The molecule has 145 heavy (non-hydrogen) atoms. The number of aldehydes is 1. The van der Waals surface area contributed by atoms with E-state index >= 15 is 0 Å². The topological polar surface area (TPSA) is 207 Å². The van der Waals surface area contributed by atoms with Crippen molar-refractivity contribution in [3.05, 3.63) is 601 Å². The van der Waals surface area contributed by atoms with Crippen molar-refractivity contribution in [2.45, 2.75) is 94.8 Å². The van der Waals surface area contributed by atoms with Gasteiger partial charge in [-0.05, 0) is 154 Å². The van der Waals surface area contributed by atoms with E-state index < -0.39 is 35.4 Å². The minimum absolute atomic E-state index is 0. The van der Waals surface area contributed by atoms with E-state index in [2.05, 4.69) is 427 Å². The standard InChI is InChI=1S/C26H24N2O2.C26H26N2O.C26H24N2O.C23H18N2O.C21H22OP.C3H7BrO.2CH4.BrH/c29-25(30)18-10-17-24-19-28(20-27-24)26(21-11-4-1-5-12-21,22-13-6-2-7-14-22)23-15-8-3-9-16-23;2*29-19-11-10-18-25-20-28(21-27-25)26(22-12-4-1-5-13-22,23-14-6-2-7-15-23)24-16-8-3-9-17-24;26-17-22-16-25(18-24-22)23(19-10-4-1-5-11-19,20-12-6-2-7-13-20)21-14-8-3-9-15-21;22-17-10-18-23(19-11-4-1-5-12-19,20-13-6-2-7-14-20)21-15-8-3-9-16-21;4-2-1-3-5;;;/h1-9,11-16,19-20H,10,17-18H2,(H,29,30);1-9,12-17,20-21,29H,10-11,18-19H2;1-10,12-18,20-21,29H,11,19H2;1-18H;1-9,11-16,22H,10,17-18H2;5H,1-3H2;2*1H4;1H/q;;;;+1;;;;/p-1/b;;18-10+;;;;;;. The molecule has 15 aromatic carbocycles. The lowest BCUT2D eigenvalue weighted by Gasteiger charge is -2.37. The molecule has 0 atom stereocenters. The van der Waals surface area contributed by atoms with Gasteiger partial charge in [0.1, 0.15) is 51.0 Å². The minimum atomic E-state index is -1.73. The molecule has 18 heteroatoms. The number of halogens is 2. The monoisotopic (exact) mass is 2070 g/mol. The number of hydrogen-bond donors (Lipinski definition) is 5. The van der Waals surface area contributed by atoms with Gasteiger partial charge in [-0.15, -0.1) is 0 Å². The quantitative estimate of drug-likeness (QED) is 0.00821. The number of unbranched alkanes of at least 4 members (excludes halogenated alkanes) is 1. The molecule has 0 fully saturated rings. The first kappa shape index (κ1) is 111. The first-order valence-corrected chi connectivity index (χ1v) is 51.4. The summed E-state index contributed by atoms with van der Waals surface area (Å²) in [5.41, 5.74) is 14.8. The lowest BCUT2D eigenvalue weighted by atomic mass is 9.77. The van der Waals surface area contributed by atoms with Crippen LogP contribution in [0.1, 0.15) is 154 Å². The zero-order valence-electron chi connectivity index (χ0n) is 80.1. The summed E-state index contributed by atoms with van der Waals surface area (Å²) in [6, 6.07) is 158. The Morgan fingerprint density at radius 3 is 0.738 bits per heavy atom. The third-order valence-corrected chi connectivity index (χ3v) is 30.3. The van der Waals surface area contributed by atoms with Gasteiger partial charge in [0.05, 0.1) is 48.6 Å². The van der Waals surface area contributed by atoms with Gasteiger partial charge in [-0.3, -0.25) is 9.59 Å². The Morgan fingerprint density at radius 2 is 0.517 bits per heavy atom. The summed E-state index contributed by atoms with van der Waals surface area (Å²) in [5.74, 6) is -0.776. The number of aliphatic carboxylic acids is 1. The molecule has 0 aliphatic heterocycles. The number of rotatable bonds is 36. The number of carbonyl (C=O) groups is 2. The van der Waals surface area contributed by atoms with Crippen LogP contribution in [-0.4, -0.2) is 114 Å². The van der Waals surface area contributed by atoms with E-state index in [1.54, 1.807) is 12.5 Å². The molecule has 19 rings (SSSR count). The van der Waals surface area contributed by atoms with Crippen LogP contribution in [0.2, 0.25) is 0 Å². The predicted molar refractivity (Wildman–Crippen MR) is 595 cm³/mol. The van der Waals surface area contributed by atoms with E-state index in [1.165, 1.54) is 49.3 Å². The second-order valence-electron chi connectivity index (χ2n) is 34.0. The zero-order chi connectivity index (χ0) is 98.6. The maximum Gasteiger partial charge on any atom is 0.303 e. The van der Waals surface area contributed by atoms with Crippen LogP contribution in [0.4, 0.5) is 0 Å². The van der Waals surface area contributed by atoms with Gasteiger partial charge >= 0.3 is 5.97 Å². The largest absolute Gasteiger partial charge is 1.00 e. The number of aliphatic hydroxyl groups is 4. The molecular weight excluding hydrogens is 1940 g/mol. The highest BCUT2D eigenvalue weighted by Gasteiger charge is 2.46. The fourth-order valence-corrected chi connectivity index (χ4v) is 23.4. The number of carbonyl (C=O) groups excluding carboxylic acids is 1. The summed E-state index contributed by atoms with van der Waals surface area (Å²) < 4.78 is 8.60. The highest BCUT2D eigenvalue weighted by Crippen LogP contribution is 2.56. The zero-order valence-corrected chi connectivity index (χ0v) is 84.2. The molecule has 0 aliphatic rings. The fraction of sp³-hybridized carbons (Fsp3) is 0.165. The Hall–Kier alpha value is -14.8. The molecule has 0 unspecified atom stereocenters. The van der Waals surface area contributed by atoms with Crippen LogP contribution in [-0.2, 0) is 39.8 Å².